The molecule has 0 aliphatic heterocycles. The molecule has 0 bridgehead atoms. The summed E-state index contributed by atoms with van der Waals surface area (Å²) < 4.78 is 5.30. The first-order valence-corrected chi connectivity index (χ1v) is 7.11. The summed E-state index contributed by atoms with van der Waals surface area (Å²) in [6, 6.07) is 14.2. The van der Waals surface area contributed by atoms with Crippen molar-refractivity contribution in [1.29, 1.82) is 0 Å². The maximum Gasteiger partial charge on any atom is 0.340 e. The summed E-state index contributed by atoms with van der Waals surface area (Å²) in [6.45, 7) is 3.54. The van der Waals surface area contributed by atoms with Crippen molar-refractivity contribution in [2.24, 2.45) is 0 Å². The molecule has 22 heavy (non-hydrogen) atoms. The van der Waals surface area contributed by atoms with Gasteiger partial charge >= 0.3 is 5.97 Å². The van der Waals surface area contributed by atoms with E-state index in [9.17, 15) is 9.59 Å². The van der Waals surface area contributed by atoms with Crippen LogP contribution >= 0.6 is 0 Å². The molecule has 2 aromatic rings. The number of hydrogen-bond acceptors (Lipinski definition) is 4. The summed E-state index contributed by atoms with van der Waals surface area (Å²) in [5.74, 6) is -0.729. The zero-order chi connectivity index (χ0) is 16.1. The van der Waals surface area contributed by atoms with Gasteiger partial charge in [-0.2, -0.15) is 0 Å². The molecule has 1 atom stereocenters. The third kappa shape index (κ3) is 3.52. The molecule has 0 aliphatic rings. The van der Waals surface area contributed by atoms with Crippen molar-refractivity contribution in [2.75, 3.05) is 12.4 Å². The molecule has 0 fully saturated rings. The minimum Gasteiger partial charge on any atom is -0.451 e. The van der Waals surface area contributed by atoms with Crippen LogP contribution < -0.4 is 5.32 Å². The Morgan fingerprint density at radius 3 is 2.32 bits per heavy atom. The Morgan fingerprint density at radius 1 is 1.05 bits per heavy atom. The van der Waals surface area contributed by atoms with Crippen molar-refractivity contribution in [2.45, 2.75) is 20.0 Å². The monoisotopic (exact) mass is 297 g/mol. The number of anilines is 1. The molecule has 4 nitrogen and oxygen atoms in total. The van der Waals surface area contributed by atoms with E-state index in [-0.39, 0.29) is 5.78 Å². The summed E-state index contributed by atoms with van der Waals surface area (Å²) in [4.78, 5) is 24.5. The molecule has 0 amide bonds. The second-order valence-electron chi connectivity index (χ2n) is 5.07. The number of para-hydroxylation sites is 1. The van der Waals surface area contributed by atoms with Gasteiger partial charge in [0.05, 0.1) is 5.56 Å². The van der Waals surface area contributed by atoms with Crippen molar-refractivity contribution in [3.8, 4) is 0 Å². The van der Waals surface area contributed by atoms with Crippen LogP contribution in [0.5, 0.6) is 0 Å². The van der Waals surface area contributed by atoms with E-state index in [1.165, 1.54) is 0 Å². The van der Waals surface area contributed by atoms with E-state index in [1.807, 2.05) is 25.1 Å². The van der Waals surface area contributed by atoms with Gasteiger partial charge in [0.1, 0.15) is 0 Å². The van der Waals surface area contributed by atoms with Crippen LogP contribution in [0, 0.1) is 6.92 Å². The van der Waals surface area contributed by atoms with Crippen molar-refractivity contribution >= 4 is 17.4 Å². The molecule has 0 aromatic heterocycles. The average molecular weight is 297 g/mol. The standard InChI is InChI=1S/C18H19NO3/c1-12-8-10-14(11-9-12)17(20)13(2)22-18(21)15-6-4-5-7-16(15)19-3/h4-11,13,19H,1-3H3/t13-/m1/s1. The Bertz CT molecular complexity index is 677. The number of ketones is 1. The lowest BCUT2D eigenvalue weighted by atomic mass is 10.1. The molecular formula is C18H19NO3. The van der Waals surface area contributed by atoms with Gasteiger partial charge in [0.15, 0.2) is 6.10 Å². The quantitative estimate of drug-likeness (QED) is 0.678. The minimum absolute atomic E-state index is 0.213. The fourth-order valence-corrected chi connectivity index (χ4v) is 2.11. The Morgan fingerprint density at radius 2 is 1.68 bits per heavy atom. The number of aryl methyl sites for hydroxylation is 1. The number of carbonyl (C=O) groups is 2. The summed E-state index contributed by atoms with van der Waals surface area (Å²) in [7, 11) is 1.73. The first-order chi connectivity index (χ1) is 10.5. The van der Waals surface area contributed by atoms with Crippen LogP contribution in [0.1, 0.15) is 33.2 Å². The van der Waals surface area contributed by atoms with Crippen LogP contribution in [0.15, 0.2) is 48.5 Å². The van der Waals surface area contributed by atoms with Crippen LogP contribution in [0.2, 0.25) is 0 Å². The summed E-state index contributed by atoms with van der Waals surface area (Å²) in [5.41, 5.74) is 2.69. The summed E-state index contributed by atoms with van der Waals surface area (Å²) in [6.07, 6.45) is -0.833. The molecular weight excluding hydrogens is 278 g/mol. The normalized spacial score (nSPS) is 11.6. The van der Waals surface area contributed by atoms with Gasteiger partial charge in [0, 0.05) is 18.3 Å². The Labute approximate surface area is 130 Å². The average Bonchev–Trinajstić information content (AvgIpc) is 2.54. The van der Waals surface area contributed by atoms with E-state index in [2.05, 4.69) is 5.32 Å². The van der Waals surface area contributed by atoms with Gasteiger partial charge < -0.3 is 10.1 Å². The topological polar surface area (TPSA) is 55.4 Å². The predicted octanol–water partition coefficient (Wildman–Crippen LogP) is 3.46. The third-order valence-electron chi connectivity index (χ3n) is 3.41. The molecule has 4 heteroatoms. The highest BCUT2D eigenvalue weighted by atomic mass is 16.5. The molecule has 0 saturated carbocycles. The lowest BCUT2D eigenvalue weighted by molar-refractivity contribution is 0.0319. The number of ether oxygens (including phenoxy) is 1. The van der Waals surface area contributed by atoms with E-state index in [0.29, 0.717) is 16.8 Å². The maximum absolute atomic E-state index is 12.3. The smallest absolute Gasteiger partial charge is 0.340 e. The van der Waals surface area contributed by atoms with E-state index in [4.69, 9.17) is 4.74 Å². The van der Waals surface area contributed by atoms with Crippen LogP contribution in [0.25, 0.3) is 0 Å². The van der Waals surface area contributed by atoms with E-state index in [0.717, 1.165) is 5.56 Å². The molecule has 1 N–H and O–H groups in total. The maximum atomic E-state index is 12.3. The molecule has 2 aromatic carbocycles. The number of benzene rings is 2. The summed E-state index contributed by atoms with van der Waals surface area (Å²) >= 11 is 0. The molecule has 114 valence electrons. The Hall–Kier alpha value is -2.62. The zero-order valence-corrected chi connectivity index (χ0v) is 12.9. The van der Waals surface area contributed by atoms with Crippen LogP contribution in [-0.2, 0) is 4.74 Å². The second kappa shape index (κ2) is 6.89. The first-order valence-electron chi connectivity index (χ1n) is 7.11. The number of rotatable bonds is 5. The van der Waals surface area contributed by atoms with Crippen molar-refractivity contribution in [3.63, 3.8) is 0 Å². The molecule has 0 saturated heterocycles. The van der Waals surface area contributed by atoms with Crippen molar-refractivity contribution in [3.05, 3.63) is 65.2 Å². The zero-order valence-electron chi connectivity index (χ0n) is 12.9. The number of carbonyl (C=O) groups excluding carboxylic acids is 2. The van der Waals surface area contributed by atoms with Gasteiger partial charge in [-0.05, 0) is 26.0 Å². The predicted molar refractivity (Wildman–Crippen MR) is 86.4 cm³/mol. The number of nitrogens with one attached hydrogen (secondary N) is 1. The van der Waals surface area contributed by atoms with Crippen LogP contribution in [0.3, 0.4) is 0 Å². The van der Waals surface area contributed by atoms with Crippen LogP contribution in [0.4, 0.5) is 5.69 Å². The molecule has 0 unspecified atom stereocenters. The third-order valence-corrected chi connectivity index (χ3v) is 3.41. The lowest BCUT2D eigenvalue weighted by Gasteiger charge is -2.14. The number of esters is 1. The Kier molecular flexibility index (Phi) is 4.94. The van der Waals surface area contributed by atoms with Gasteiger partial charge in [0.2, 0.25) is 5.78 Å². The first kappa shape index (κ1) is 15.8. The van der Waals surface area contributed by atoms with Crippen molar-refractivity contribution in [1.82, 2.24) is 0 Å². The Balaban J connectivity index is 2.11. The fourth-order valence-electron chi connectivity index (χ4n) is 2.11. The molecule has 0 spiro atoms. The molecule has 0 heterocycles. The minimum atomic E-state index is -0.833. The molecule has 0 aliphatic carbocycles. The summed E-state index contributed by atoms with van der Waals surface area (Å²) in [5, 5.41) is 2.93. The highest BCUT2D eigenvalue weighted by Crippen LogP contribution is 2.17. The van der Waals surface area contributed by atoms with Gasteiger partial charge in [-0.25, -0.2) is 4.79 Å². The highest BCUT2D eigenvalue weighted by molar-refractivity contribution is 6.02. The SMILES string of the molecule is CNc1ccccc1C(=O)O[C@H](C)C(=O)c1ccc(C)cc1. The van der Waals surface area contributed by atoms with Gasteiger partial charge in [0.25, 0.3) is 0 Å². The highest BCUT2D eigenvalue weighted by Gasteiger charge is 2.21. The van der Waals surface area contributed by atoms with Crippen molar-refractivity contribution < 1.29 is 14.3 Å². The fraction of sp³-hybridized carbons (Fsp3) is 0.222. The van der Waals surface area contributed by atoms with E-state index >= 15 is 0 Å². The van der Waals surface area contributed by atoms with Crippen LogP contribution in [-0.4, -0.2) is 24.9 Å². The van der Waals surface area contributed by atoms with E-state index < -0.39 is 12.1 Å². The van der Waals surface area contributed by atoms with Gasteiger partial charge in [-0.3, -0.25) is 4.79 Å². The van der Waals surface area contributed by atoms with Gasteiger partial charge in [-0.15, -0.1) is 0 Å². The largest absolute Gasteiger partial charge is 0.451 e. The number of hydrogen-bond donors (Lipinski definition) is 1. The van der Waals surface area contributed by atoms with E-state index in [1.54, 1.807) is 44.3 Å². The molecule has 0 radical (unpaired) electrons. The lowest BCUT2D eigenvalue weighted by Crippen LogP contribution is -2.24. The van der Waals surface area contributed by atoms with Gasteiger partial charge in [-0.1, -0.05) is 42.0 Å². The number of Topliss-reactive ketones (excluding diaryl/α,β-unsaturated/α-hetero) is 1. The molecule has 2 rings (SSSR count). The second-order valence-corrected chi connectivity index (χ2v) is 5.07.